The van der Waals surface area contributed by atoms with E-state index in [9.17, 15) is 18.0 Å². The van der Waals surface area contributed by atoms with Crippen LogP contribution in [0.15, 0.2) is 23.1 Å². The van der Waals surface area contributed by atoms with Gasteiger partial charge in [0.25, 0.3) is 0 Å². The van der Waals surface area contributed by atoms with Gasteiger partial charge in [-0.25, -0.2) is 13.1 Å². The first-order valence-corrected chi connectivity index (χ1v) is 9.34. The number of rotatable bonds is 5. The van der Waals surface area contributed by atoms with Crippen molar-refractivity contribution in [2.45, 2.75) is 4.90 Å². The molecule has 3 rings (SSSR count). The van der Waals surface area contributed by atoms with Gasteiger partial charge in [0, 0.05) is 32.2 Å². The molecule has 2 aliphatic rings. The summed E-state index contributed by atoms with van der Waals surface area (Å²) in [7, 11) is -3.84. The van der Waals surface area contributed by atoms with E-state index in [0.29, 0.717) is 50.9 Å². The number of piperazine rings is 1. The van der Waals surface area contributed by atoms with Gasteiger partial charge >= 0.3 is 0 Å². The summed E-state index contributed by atoms with van der Waals surface area (Å²) < 4.78 is 37.8. The molecule has 0 saturated carbocycles. The minimum atomic E-state index is -3.84. The first-order chi connectivity index (χ1) is 12.0. The van der Waals surface area contributed by atoms with Crippen LogP contribution in [0.2, 0.25) is 0 Å². The molecule has 2 aliphatic heterocycles. The number of hydrogen-bond donors (Lipinski definition) is 1. The minimum absolute atomic E-state index is 0.00956. The summed E-state index contributed by atoms with van der Waals surface area (Å²) in [5.41, 5.74) is 0. The Morgan fingerprint density at radius 2 is 1.80 bits per heavy atom. The third kappa shape index (κ3) is 4.02. The maximum atomic E-state index is 12.4. The van der Waals surface area contributed by atoms with Crippen molar-refractivity contribution in [3.63, 3.8) is 0 Å². The van der Waals surface area contributed by atoms with E-state index in [1.165, 1.54) is 23.1 Å². The zero-order valence-electron chi connectivity index (χ0n) is 13.5. The summed E-state index contributed by atoms with van der Waals surface area (Å²) in [4.78, 5) is 25.9. The highest BCUT2D eigenvalue weighted by Crippen LogP contribution is 2.32. The lowest BCUT2D eigenvalue weighted by atomic mass is 10.3. The molecule has 1 fully saturated rings. The average Bonchev–Trinajstić information content (AvgIpc) is 2.66. The second-order valence-corrected chi connectivity index (χ2v) is 7.42. The highest BCUT2D eigenvalue weighted by Gasteiger charge is 2.23. The molecular weight excluding hydrogens is 350 g/mol. The topological polar surface area (TPSA) is 105 Å². The van der Waals surface area contributed by atoms with Crippen molar-refractivity contribution in [3.8, 4) is 11.5 Å². The molecule has 0 spiro atoms. The molecule has 0 bridgehead atoms. The number of ether oxygens (including phenoxy) is 2. The minimum Gasteiger partial charge on any atom is -0.486 e. The average molecular weight is 369 g/mol. The molecule has 25 heavy (non-hydrogen) atoms. The summed E-state index contributed by atoms with van der Waals surface area (Å²) in [5, 5.41) is 0. The highest BCUT2D eigenvalue weighted by atomic mass is 32.2. The van der Waals surface area contributed by atoms with Crippen LogP contribution in [0.25, 0.3) is 0 Å². The Bertz CT molecular complexity index is 759. The van der Waals surface area contributed by atoms with Crippen LogP contribution in [0.1, 0.15) is 0 Å². The van der Waals surface area contributed by atoms with E-state index in [1.54, 1.807) is 4.90 Å². The molecule has 2 heterocycles. The van der Waals surface area contributed by atoms with Crippen molar-refractivity contribution >= 4 is 22.3 Å². The van der Waals surface area contributed by atoms with Gasteiger partial charge in [-0.2, -0.15) is 0 Å². The number of carbonyl (C=O) groups excluding carboxylic acids is 2. The summed E-state index contributed by atoms with van der Waals surface area (Å²) >= 11 is 0. The Morgan fingerprint density at radius 1 is 1.12 bits per heavy atom. The maximum absolute atomic E-state index is 12.4. The van der Waals surface area contributed by atoms with Crippen LogP contribution in [-0.2, 0) is 19.6 Å². The number of fused-ring (bicyclic) bond motifs is 1. The zero-order valence-corrected chi connectivity index (χ0v) is 14.3. The molecule has 1 aromatic carbocycles. The van der Waals surface area contributed by atoms with Crippen molar-refractivity contribution in [1.29, 1.82) is 0 Å². The van der Waals surface area contributed by atoms with Gasteiger partial charge in [0.2, 0.25) is 22.3 Å². The second kappa shape index (κ2) is 7.28. The van der Waals surface area contributed by atoms with Crippen molar-refractivity contribution < 1.29 is 27.5 Å². The van der Waals surface area contributed by atoms with Crippen LogP contribution in [-0.4, -0.2) is 76.5 Å². The van der Waals surface area contributed by atoms with Crippen LogP contribution >= 0.6 is 0 Å². The predicted molar refractivity (Wildman–Crippen MR) is 86.8 cm³/mol. The number of nitrogens with one attached hydrogen (secondary N) is 1. The largest absolute Gasteiger partial charge is 0.486 e. The SMILES string of the molecule is O=CN1CCN(C(=O)CNS(=O)(=O)c2ccc3c(c2)OCCO3)CC1. The molecular formula is C15H19N3O6S. The van der Waals surface area contributed by atoms with E-state index in [0.717, 1.165) is 6.41 Å². The van der Waals surface area contributed by atoms with E-state index < -0.39 is 10.0 Å². The third-order valence-corrected chi connectivity index (χ3v) is 5.45. The van der Waals surface area contributed by atoms with Gasteiger partial charge in [-0.3, -0.25) is 9.59 Å². The molecule has 9 nitrogen and oxygen atoms in total. The number of hydrogen-bond acceptors (Lipinski definition) is 6. The van der Waals surface area contributed by atoms with Crippen LogP contribution in [0.3, 0.4) is 0 Å². The van der Waals surface area contributed by atoms with Gasteiger partial charge in [-0.1, -0.05) is 0 Å². The summed E-state index contributed by atoms with van der Waals surface area (Å²) in [6.45, 7) is 2.12. The van der Waals surface area contributed by atoms with Gasteiger partial charge in [-0.15, -0.1) is 0 Å². The van der Waals surface area contributed by atoms with Gasteiger partial charge in [-0.05, 0) is 12.1 Å². The van der Waals surface area contributed by atoms with Gasteiger partial charge < -0.3 is 19.3 Å². The fourth-order valence-electron chi connectivity index (χ4n) is 2.62. The first-order valence-electron chi connectivity index (χ1n) is 7.86. The lowest BCUT2D eigenvalue weighted by molar-refractivity contribution is -0.134. The van der Waals surface area contributed by atoms with Crippen LogP contribution in [0.4, 0.5) is 0 Å². The number of nitrogens with zero attached hydrogens (tertiary/aromatic N) is 2. The molecule has 1 aromatic rings. The summed E-state index contributed by atoms with van der Waals surface area (Å²) in [6, 6.07) is 4.32. The molecule has 0 aromatic heterocycles. The van der Waals surface area contributed by atoms with E-state index in [4.69, 9.17) is 9.47 Å². The van der Waals surface area contributed by atoms with Gasteiger partial charge in [0.1, 0.15) is 13.2 Å². The summed E-state index contributed by atoms with van der Waals surface area (Å²) in [5.74, 6) is 0.534. The quantitative estimate of drug-likeness (QED) is 0.670. The fraction of sp³-hybridized carbons (Fsp3) is 0.467. The molecule has 1 saturated heterocycles. The van der Waals surface area contributed by atoms with E-state index >= 15 is 0 Å². The molecule has 136 valence electrons. The maximum Gasteiger partial charge on any atom is 0.241 e. The molecule has 0 atom stereocenters. The highest BCUT2D eigenvalue weighted by molar-refractivity contribution is 7.89. The van der Waals surface area contributed by atoms with E-state index in [-0.39, 0.29) is 17.3 Å². The van der Waals surface area contributed by atoms with Crippen molar-refractivity contribution in [3.05, 3.63) is 18.2 Å². The smallest absolute Gasteiger partial charge is 0.241 e. The first kappa shape index (κ1) is 17.5. The van der Waals surface area contributed by atoms with Crippen LogP contribution in [0, 0.1) is 0 Å². The standard InChI is InChI=1S/C15H19N3O6S/c19-11-17-3-5-18(6-4-17)15(20)10-16-25(21,22)12-1-2-13-14(9-12)24-8-7-23-13/h1-2,9,11,16H,3-8,10H2. The molecule has 0 unspecified atom stereocenters. The number of carbonyl (C=O) groups is 2. The van der Waals surface area contributed by atoms with Gasteiger partial charge in [0.15, 0.2) is 11.5 Å². The Morgan fingerprint density at radius 3 is 2.48 bits per heavy atom. The third-order valence-electron chi connectivity index (χ3n) is 4.05. The van der Waals surface area contributed by atoms with Crippen molar-refractivity contribution in [2.24, 2.45) is 0 Å². The van der Waals surface area contributed by atoms with Crippen molar-refractivity contribution in [1.82, 2.24) is 14.5 Å². The molecule has 0 aliphatic carbocycles. The second-order valence-electron chi connectivity index (χ2n) is 5.65. The number of benzene rings is 1. The van der Waals surface area contributed by atoms with Crippen LogP contribution < -0.4 is 14.2 Å². The Balaban J connectivity index is 1.60. The number of sulfonamides is 1. The lowest BCUT2D eigenvalue weighted by Crippen LogP contribution is -2.50. The molecule has 2 amide bonds. The normalized spacial score (nSPS) is 17.3. The van der Waals surface area contributed by atoms with Crippen LogP contribution in [0.5, 0.6) is 11.5 Å². The van der Waals surface area contributed by atoms with Gasteiger partial charge in [0.05, 0.1) is 11.4 Å². The van der Waals surface area contributed by atoms with E-state index in [1.807, 2.05) is 0 Å². The Labute approximate surface area is 145 Å². The number of amides is 2. The Hall–Kier alpha value is -2.33. The molecule has 0 radical (unpaired) electrons. The monoisotopic (exact) mass is 369 g/mol. The van der Waals surface area contributed by atoms with Crippen molar-refractivity contribution in [2.75, 3.05) is 45.9 Å². The summed E-state index contributed by atoms with van der Waals surface area (Å²) in [6.07, 6.45) is 0.742. The molecule has 1 N–H and O–H groups in total. The lowest BCUT2D eigenvalue weighted by Gasteiger charge is -2.32. The fourth-order valence-corrected chi connectivity index (χ4v) is 3.61. The predicted octanol–water partition coefficient (Wildman–Crippen LogP) is -0.963. The molecule has 10 heteroatoms. The van der Waals surface area contributed by atoms with E-state index in [2.05, 4.69) is 4.72 Å². The zero-order chi connectivity index (χ0) is 17.9. The Kier molecular flexibility index (Phi) is 5.09.